The predicted molar refractivity (Wildman–Crippen MR) is 135 cm³/mol. The van der Waals surface area contributed by atoms with Gasteiger partial charge in [0.2, 0.25) is 5.91 Å². The molecule has 0 aliphatic carbocycles. The Balaban J connectivity index is 1.95. The first-order valence-electron chi connectivity index (χ1n) is 10.8. The molecule has 1 amide bonds. The second-order valence-corrected chi connectivity index (χ2v) is 8.57. The van der Waals surface area contributed by atoms with Crippen LogP contribution in [0.5, 0.6) is 5.75 Å². The number of nitrogen functional groups attached to an aromatic ring is 1. The number of nitrogens with two attached hydrogens (primary N) is 1. The van der Waals surface area contributed by atoms with Crippen molar-refractivity contribution in [3.8, 4) is 5.75 Å². The molecule has 10 heteroatoms. The number of hydrogen-bond acceptors (Lipinski definition) is 6. The molecule has 0 saturated heterocycles. The van der Waals surface area contributed by atoms with E-state index in [-0.39, 0.29) is 37.1 Å². The Labute approximate surface area is 202 Å². The van der Waals surface area contributed by atoms with E-state index in [2.05, 4.69) is 10.3 Å². The van der Waals surface area contributed by atoms with E-state index in [4.69, 9.17) is 22.1 Å². The van der Waals surface area contributed by atoms with Gasteiger partial charge in [0.1, 0.15) is 11.6 Å². The zero-order chi connectivity index (χ0) is 24.8. The van der Waals surface area contributed by atoms with Crippen molar-refractivity contribution in [2.75, 3.05) is 36.1 Å². The van der Waals surface area contributed by atoms with Gasteiger partial charge in [0, 0.05) is 12.6 Å². The summed E-state index contributed by atoms with van der Waals surface area (Å²) in [4.78, 5) is 42.2. The molecule has 34 heavy (non-hydrogen) atoms. The number of halogens is 1. The number of nitrogens with zero attached hydrogens (tertiary/aromatic N) is 2. The Morgan fingerprint density at radius 1 is 1.21 bits per heavy atom. The molecule has 0 atom stereocenters. The molecule has 3 aromatic rings. The molecule has 1 heterocycles. The molecule has 0 spiro atoms. The molecule has 2 aromatic carbocycles. The second kappa shape index (κ2) is 10.9. The normalized spacial score (nSPS) is 10.9. The number of benzene rings is 2. The van der Waals surface area contributed by atoms with E-state index >= 15 is 0 Å². The van der Waals surface area contributed by atoms with E-state index in [9.17, 15) is 14.4 Å². The molecular formula is C24H28ClN5O4. The molecule has 0 fully saturated rings. The predicted octanol–water partition coefficient (Wildman–Crippen LogP) is 2.93. The SMILES string of the molecule is COc1ccc(Cl)c(NCC(=O)N(CC(C)C)c2c(N)n(Cc3ccccc3)c(=O)[nH]c2=O)c1. The Morgan fingerprint density at radius 2 is 1.91 bits per heavy atom. The summed E-state index contributed by atoms with van der Waals surface area (Å²) in [6, 6.07) is 14.3. The highest BCUT2D eigenvalue weighted by Crippen LogP contribution is 2.27. The van der Waals surface area contributed by atoms with Crippen molar-refractivity contribution >= 4 is 34.7 Å². The zero-order valence-electron chi connectivity index (χ0n) is 19.3. The minimum Gasteiger partial charge on any atom is -0.497 e. The van der Waals surface area contributed by atoms with Crippen LogP contribution in [0.25, 0.3) is 0 Å². The van der Waals surface area contributed by atoms with Crippen molar-refractivity contribution in [3.63, 3.8) is 0 Å². The van der Waals surface area contributed by atoms with Gasteiger partial charge in [0.05, 0.1) is 30.9 Å². The highest BCUT2D eigenvalue weighted by molar-refractivity contribution is 6.33. The van der Waals surface area contributed by atoms with Crippen LogP contribution in [0.1, 0.15) is 19.4 Å². The number of ether oxygens (including phenoxy) is 1. The Bertz CT molecular complexity index is 1270. The molecule has 0 bridgehead atoms. The van der Waals surface area contributed by atoms with Gasteiger partial charge >= 0.3 is 5.69 Å². The smallest absolute Gasteiger partial charge is 0.330 e. The third-order valence-corrected chi connectivity index (χ3v) is 5.45. The van der Waals surface area contributed by atoms with Gasteiger partial charge in [-0.05, 0) is 23.6 Å². The fourth-order valence-electron chi connectivity index (χ4n) is 3.48. The molecule has 0 unspecified atom stereocenters. The van der Waals surface area contributed by atoms with Crippen LogP contribution in [-0.2, 0) is 11.3 Å². The van der Waals surface area contributed by atoms with Crippen LogP contribution in [0, 0.1) is 5.92 Å². The van der Waals surface area contributed by atoms with Gasteiger partial charge in [-0.15, -0.1) is 0 Å². The first kappa shape index (κ1) is 24.9. The first-order valence-corrected chi connectivity index (χ1v) is 11.1. The summed E-state index contributed by atoms with van der Waals surface area (Å²) in [7, 11) is 1.53. The lowest BCUT2D eigenvalue weighted by Gasteiger charge is -2.26. The van der Waals surface area contributed by atoms with Gasteiger partial charge in [0.15, 0.2) is 5.69 Å². The largest absolute Gasteiger partial charge is 0.497 e. The number of rotatable bonds is 9. The molecule has 0 saturated carbocycles. The van der Waals surface area contributed by atoms with Gasteiger partial charge in [0.25, 0.3) is 5.56 Å². The average molecular weight is 486 g/mol. The molecule has 4 N–H and O–H groups in total. The van der Waals surface area contributed by atoms with Crippen LogP contribution in [0.2, 0.25) is 5.02 Å². The Hall–Kier alpha value is -3.72. The summed E-state index contributed by atoms with van der Waals surface area (Å²) in [6.07, 6.45) is 0. The number of anilines is 3. The number of aromatic amines is 1. The van der Waals surface area contributed by atoms with Crippen molar-refractivity contribution in [2.24, 2.45) is 5.92 Å². The van der Waals surface area contributed by atoms with E-state index in [1.807, 2.05) is 44.2 Å². The van der Waals surface area contributed by atoms with Crippen molar-refractivity contribution in [1.29, 1.82) is 0 Å². The Morgan fingerprint density at radius 3 is 2.56 bits per heavy atom. The fraction of sp³-hybridized carbons (Fsp3) is 0.292. The number of H-pyrrole nitrogens is 1. The summed E-state index contributed by atoms with van der Waals surface area (Å²) in [5, 5.41) is 3.41. The van der Waals surface area contributed by atoms with Crippen LogP contribution in [0.3, 0.4) is 0 Å². The van der Waals surface area contributed by atoms with E-state index in [0.29, 0.717) is 16.5 Å². The van der Waals surface area contributed by atoms with Gasteiger partial charge < -0.3 is 20.7 Å². The zero-order valence-corrected chi connectivity index (χ0v) is 20.1. The van der Waals surface area contributed by atoms with E-state index < -0.39 is 17.2 Å². The number of amides is 1. The molecule has 0 aliphatic heterocycles. The maximum absolute atomic E-state index is 13.3. The average Bonchev–Trinajstić information content (AvgIpc) is 2.80. The Kier molecular flexibility index (Phi) is 8.01. The van der Waals surface area contributed by atoms with Crippen LogP contribution < -0.4 is 31.9 Å². The summed E-state index contributed by atoms with van der Waals surface area (Å²) in [5.74, 6) is 0.116. The van der Waals surface area contributed by atoms with Crippen molar-refractivity contribution < 1.29 is 9.53 Å². The maximum atomic E-state index is 13.3. The third-order valence-electron chi connectivity index (χ3n) is 5.12. The summed E-state index contributed by atoms with van der Waals surface area (Å²) in [6.45, 7) is 4.05. The molecule has 0 radical (unpaired) electrons. The third kappa shape index (κ3) is 5.79. The minimum atomic E-state index is -0.722. The number of aromatic nitrogens is 2. The highest BCUT2D eigenvalue weighted by Gasteiger charge is 2.25. The van der Waals surface area contributed by atoms with Crippen LogP contribution in [-0.4, -0.2) is 35.7 Å². The quantitative estimate of drug-likeness (QED) is 0.428. The van der Waals surface area contributed by atoms with Gasteiger partial charge in [-0.25, -0.2) is 4.79 Å². The number of methoxy groups -OCH3 is 1. The molecular weight excluding hydrogens is 458 g/mol. The molecule has 9 nitrogen and oxygen atoms in total. The summed E-state index contributed by atoms with van der Waals surface area (Å²) < 4.78 is 6.45. The van der Waals surface area contributed by atoms with E-state index in [1.165, 1.54) is 16.6 Å². The van der Waals surface area contributed by atoms with Crippen LogP contribution >= 0.6 is 11.6 Å². The number of carbonyl (C=O) groups excluding carboxylic acids is 1. The van der Waals surface area contributed by atoms with Gasteiger partial charge in [-0.3, -0.25) is 19.1 Å². The number of nitrogens with one attached hydrogen (secondary N) is 2. The van der Waals surface area contributed by atoms with Gasteiger partial charge in [-0.1, -0.05) is 55.8 Å². The summed E-state index contributed by atoms with van der Waals surface area (Å²) in [5.41, 5.74) is 6.21. The second-order valence-electron chi connectivity index (χ2n) is 8.16. The first-order chi connectivity index (χ1) is 16.2. The van der Waals surface area contributed by atoms with Crippen molar-refractivity contribution in [3.05, 3.63) is 80.0 Å². The standard InChI is InChI=1S/C24H28ClN5O4/c1-15(2)13-29(20(31)12-27-19-11-17(34-3)9-10-18(19)25)21-22(26)30(24(33)28-23(21)32)14-16-7-5-4-6-8-16/h4-11,15,27H,12-14,26H2,1-3H3,(H,28,32,33). The monoisotopic (exact) mass is 485 g/mol. The molecule has 0 aliphatic rings. The molecule has 1 aromatic heterocycles. The lowest BCUT2D eigenvalue weighted by atomic mass is 10.2. The topological polar surface area (TPSA) is 122 Å². The highest BCUT2D eigenvalue weighted by atomic mass is 35.5. The molecule has 180 valence electrons. The van der Waals surface area contributed by atoms with Crippen LogP contribution in [0.15, 0.2) is 58.1 Å². The fourth-order valence-corrected chi connectivity index (χ4v) is 3.66. The van der Waals surface area contributed by atoms with Crippen molar-refractivity contribution in [2.45, 2.75) is 20.4 Å². The number of carbonyl (C=O) groups is 1. The lowest BCUT2D eigenvalue weighted by molar-refractivity contribution is -0.117. The van der Waals surface area contributed by atoms with E-state index in [1.54, 1.807) is 18.2 Å². The maximum Gasteiger partial charge on any atom is 0.330 e. The molecule has 3 rings (SSSR count). The summed E-state index contributed by atoms with van der Waals surface area (Å²) >= 11 is 6.23. The van der Waals surface area contributed by atoms with E-state index in [0.717, 1.165) is 5.56 Å². The minimum absolute atomic E-state index is 0.0256. The lowest BCUT2D eigenvalue weighted by Crippen LogP contribution is -2.44. The van der Waals surface area contributed by atoms with Crippen molar-refractivity contribution in [1.82, 2.24) is 9.55 Å². The number of hydrogen-bond donors (Lipinski definition) is 3. The van der Waals surface area contributed by atoms with Gasteiger partial charge in [-0.2, -0.15) is 0 Å². The van der Waals surface area contributed by atoms with Crippen LogP contribution in [0.4, 0.5) is 17.2 Å².